The Hall–Kier alpha value is -1.26. The third-order valence-electron chi connectivity index (χ3n) is 2.15. The molecule has 1 atom stereocenters. The van der Waals surface area contributed by atoms with Crippen LogP contribution in [0.4, 0.5) is 0 Å². The zero-order chi connectivity index (χ0) is 12.8. The second kappa shape index (κ2) is 6.47. The number of hydrogen-bond donors (Lipinski definition) is 1. The van der Waals surface area contributed by atoms with Gasteiger partial charge in [-0.1, -0.05) is 23.7 Å². The Morgan fingerprint density at radius 2 is 2.24 bits per heavy atom. The topological polar surface area (TPSA) is 61.5 Å². The molecule has 0 saturated heterocycles. The van der Waals surface area contributed by atoms with Crippen molar-refractivity contribution >= 4 is 17.6 Å². The average molecular weight is 258 g/mol. The molecule has 5 heteroatoms. The number of ether oxygens (including phenoxy) is 2. The van der Waals surface area contributed by atoms with Crippen LogP contribution in [0.15, 0.2) is 18.2 Å². The number of benzene rings is 1. The summed E-state index contributed by atoms with van der Waals surface area (Å²) in [5.74, 6) is 0.0496. The molecule has 0 aromatic heterocycles. The molecule has 2 N–H and O–H groups in total. The highest BCUT2D eigenvalue weighted by atomic mass is 35.5. The fourth-order valence-corrected chi connectivity index (χ4v) is 1.66. The van der Waals surface area contributed by atoms with E-state index in [4.69, 9.17) is 22.1 Å². The number of hydrogen-bond acceptors (Lipinski definition) is 4. The van der Waals surface area contributed by atoms with Gasteiger partial charge >= 0.3 is 5.97 Å². The van der Waals surface area contributed by atoms with Gasteiger partial charge in [-0.05, 0) is 25.0 Å². The van der Waals surface area contributed by atoms with E-state index in [2.05, 4.69) is 4.74 Å². The third kappa shape index (κ3) is 4.24. The molecular weight excluding hydrogens is 242 g/mol. The summed E-state index contributed by atoms with van der Waals surface area (Å²) >= 11 is 6.02. The van der Waals surface area contributed by atoms with E-state index in [-0.39, 0.29) is 12.6 Å². The third-order valence-corrected chi connectivity index (χ3v) is 2.45. The van der Waals surface area contributed by atoms with Gasteiger partial charge in [0.1, 0.15) is 5.75 Å². The van der Waals surface area contributed by atoms with Crippen molar-refractivity contribution < 1.29 is 14.3 Å². The van der Waals surface area contributed by atoms with E-state index in [0.29, 0.717) is 17.2 Å². The maximum atomic E-state index is 11.0. The van der Waals surface area contributed by atoms with Crippen molar-refractivity contribution in [3.63, 3.8) is 0 Å². The molecule has 0 fully saturated rings. The van der Waals surface area contributed by atoms with E-state index in [0.717, 1.165) is 5.56 Å². The van der Waals surface area contributed by atoms with Crippen molar-refractivity contribution in [2.45, 2.75) is 19.4 Å². The van der Waals surface area contributed by atoms with Gasteiger partial charge in [0.05, 0.1) is 12.1 Å². The Bertz CT molecular complexity index is 393. The lowest BCUT2D eigenvalue weighted by Crippen LogP contribution is -2.19. The maximum Gasteiger partial charge on any atom is 0.343 e. The summed E-state index contributed by atoms with van der Waals surface area (Å²) < 4.78 is 9.86. The second-order valence-electron chi connectivity index (χ2n) is 3.77. The Balaban J connectivity index is 2.83. The normalized spacial score (nSPS) is 12.0. The van der Waals surface area contributed by atoms with Gasteiger partial charge in [0.15, 0.2) is 6.61 Å². The van der Waals surface area contributed by atoms with Crippen LogP contribution in [0.2, 0.25) is 5.02 Å². The number of rotatable bonds is 5. The van der Waals surface area contributed by atoms with Crippen molar-refractivity contribution in [3.05, 3.63) is 28.8 Å². The summed E-state index contributed by atoms with van der Waals surface area (Å²) in [7, 11) is 1.31. The first-order valence-corrected chi connectivity index (χ1v) is 5.65. The van der Waals surface area contributed by atoms with Gasteiger partial charge in [-0.25, -0.2) is 4.79 Å². The Kier molecular flexibility index (Phi) is 5.25. The number of halogens is 1. The van der Waals surface area contributed by atoms with Crippen molar-refractivity contribution in [3.8, 4) is 5.75 Å². The maximum absolute atomic E-state index is 11.0. The van der Waals surface area contributed by atoms with Crippen LogP contribution < -0.4 is 10.5 Å². The number of para-hydroxylation sites is 1. The van der Waals surface area contributed by atoms with Gasteiger partial charge in [-0.2, -0.15) is 0 Å². The monoisotopic (exact) mass is 257 g/mol. The number of esters is 1. The molecule has 0 radical (unpaired) electrons. The van der Waals surface area contributed by atoms with Crippen LogP contribution >= 0.6 is 11.6 Å². The lowest BCUT2D eigenvalue weighted by atomic mass is 10.1. The van der Waals surface area contributed by atoms with Crippen molar-refractivity contribution in [2.75, 3.05) is 13.7 Å². The quantitative estimate of drug-likeness (QED) is 0.817. The SMILES string of the molecule is COC(=O)COc1c(Cl)cccc1CC(C)N. The average Bonchev–Trinajstić information content (AvgIpc) is 2.27. The van der Waals surface area contributed by atoms with E-state index in [1.807, 2.05) is 19.1 Å². The van der Waals surface area contributed by atoms with Crippen molar-refractivity contribution in [2.24, 2.45) is 5.73 Å². The molecule has 94 valence electrons. The van der Waals surface area contributed by atoms with Crippen LogP contribution in [0.5, 0.6) is 5.75 Å². The molecule has 1 rings (SSSR count). The predicted molar refractivity (Wildman–Crippen MR) is 66.3 cm³/mol. The minimum Gasteiger partial charge on any atom is -0.480 e. The zero-order valence-corrected chi connectivity index (χ0v) is 10.7. The molecule has 0 aliphatic heterocycles. The fourth-order valence-electron chi connectivity index (χ4n) is 1.41. The molecule has 1 aromatic carbocycles. The molecular formula is C12H16ClNO3. The lowest BCUT2D eigenvalue weighted by Gasteiger charge is -2.13. The van der Waals surface area contributed by atoms with Gasteiger partial charge in [0.25, 0.3) is 0 Å². The van der Waals surface area contributed by atoms with Crippen LogP contribution in [0, 0.1) is 0 Å². The summed E-state index contributed by atoms with van der Waals surface area (Å²) in [4.78, 5) is 11.0. The lowest BCUT2D eigenvalue weighted by molar-refractivity contribution is -0.142. The number of nitrogens with two attached hydrogens (primary N) is 1. The van der Waals surface area contributed by atoms with Crippen LogP contribution in [0.25, 0.3) is 0 Å². The van der Waals surface area contributed by atoms with E-state index >= 15 is 0 Å². The summed E-state index contributed by atoms with van der Waals surface area (Å²) in [6.07, 6.45) is 0.636. The molecule has 0 amide bonds. The largest absolute Gasteiger partial charge is 0.480 e. The minimum absolute atomic E-state index is 0.00561. The molecule has 17 heavy (non-hydrogen) atoms. The fraction of sp³-hybridized carbons (Fsp3) is 0.417. The first-order valence-electron chi connectivity index (χ1n) is 5.27. The van der Waals surface area contributed by atoms with E-state index in [1.54, 1.807) is 6.07 Å². The first kappa shape index (κ1) is 13.8. The molecule has 0 saturated carbocycles. The molecule has 0 aliphatic carbocycles. The minimum atomic E-state index is -0.448. The summed E-state index contributed by atoms with van der Waals surface area (Å²) in [6, 6.07) is 5.40. The number of methoxy groups -OCH3 is 1. The number of carbonyl (C=O) groups is 1. The molecule has 1 unspecified atom stereocenters. The molecule has 0 aliphatic rings. The molecule has 0 spiro atoms. The second-order valence-corrected chi connectivity index (χ2v) is 4.18. The summed E-state index contributed by atoms with van der Waals surface area (Å²) in [5, 5.41) is 0.465. The Morgan fingerprint density at radius 3 is 2.82 bits per heavy atom. The van der Waals surface area contributed by atoms with Crippen LogP contribution in [0.3, 0.4) is 0 Å². The Labute approximate surface area is 106 Å². The van der Waals surface area contributed by atoms with Gasteiger partial charge in [-0.3, -0.25) is 0 Å². The van der Waals surface area contributed by atoms with Gasteiger partial charge in [0, 0.05) is 6.04 Å². The van der Waals surface area contributed by atoms with E-state index in [9.17, 15) is 4.79 Å². The van der Waals surface area contributed by atoms with Crippen LogP contribution in [-0.4, -0.2) is 25.7 Å². The van der Waals surface area contributed by atoms with Crippen molar-refractivity contribution in [1.82, 2.24) is 0 Å². The number of carbonyl (C=O) groups excluding carboxylic acids is 1. The predicted octanol–water partition coefficient (Wildman–Crippen LogP) is 1.78. The van der Waals surface area contributed by atoms with E-state index < -0.39 is 5.97 Å². The summed E-state index contributed by atoms with van der Waals surface area (Å²) in [6.45, 7) is 1.73. The smallest absolute Gasteiger partial charge is 0.343 e. The highest BCUT2D eigenvalue weighted by molar-refractivity contribution is 6.32. The van der Waals surface area contributed by atoms with E-state index in [1.165, 1.54) is 7.11 Å². The molecule has 0 heterocycles. The molecule has 0 bridgehead atoms. The van der Waals surface area contributed by atoms with Crippen LogP contribution in [0.1, 0.15) is 12.5 Å². The van der Waals surface area contributed by atoms with Gasteiger partial charge in [-0.15, -0.1) is 0 Å². The highest BCUT2D eigenvalue weighted by Crippen LogP contribution is 2.29. The van der Waals surface area contributed by atoms with Gasteiger partial charge in [0.2, 0.25) is 0 Å². The standard InChI is InChI=1S/C12H16ClNO3/c1-8(14)6-9-4-3-5-10(13)12(9)17-7-11(15)16-2/h3-5,8H,6-7,14H2,1-2H3. The van der Waals surface area contributed by atoms with Gasteiger partial charge < -0.3 is 15.2 Å². The first-order chi connectivity index (χ1) is 8.04. The summed E-state index contributed by atoms with van der Waals surface area (Å²) in [5.41, 5.74) is 6.62. The Morgan fingerprint density at radius 1 is 1.53 bits per heavy atom. The van der Waals surface area contributed by atoms with Crippen LogP contribution in [-0.2, 0) is 16.0 Å². The zero-order valence-electron chi connectivity index (χ0n) is 9.90. The van der Waals surface area contributed by atoms with Crippen molar-refractivity contribution in [1.29, 1.82) is 0 Å². The molecule has 4 nitrogen and oxygen atoms in total. The molecule has 1 aromatic rings. The highest BCUT2D eigenvalue weighted by Gasteiger charge is 2.12.